The fourth-order valence-corrected chi connectivity index (χ4v) is 2.04. The molecule has 1 aromatic rings. The zero-order valence-electron chi connectivity index (χ0n) is 8.60. The third-order valence-electron chi connectivity index (χ3n) is 1.89. The Kier molecular flexibility index (Phi) is 3.52. The lowest BCUT2D eigenvalue weighted by atomic mass is 10.3. The van der Waals surface area contributed by atoms with Gasteiger partial charge in [-0.25, -0.2) is 4.21 Å². The summed E-state index contributed by atoms with van der Waals surface area (Å²) in [6.45, 7) is 3.82. The van der Waals surface area contributed by atoms with E-state index in [-0.39, 0.29) is 11.0 Å². The van der Waals surface area contributed by atoms with E-state index in [2.05, 4.69) is 0 Å². The Bertz CT molecular complexity index is 321. The summed E-state index contributed by atoms with van der Waals surface area (Å²) < 4.78 is 13.4. The predicted molar refractivity (Wildman–Crippen MR) is 59.8 cm³/mol. The van der Waals surface area contributed by atoms with E-state index in [0.717, 1.165) is 5.69 Å². The van der Waals surface area contributed by atoms with Gasteiger partial charge in [-0.2, -0.15) is 0 Å². The average Bonchev–Trinajstić information content (AvgIpc) is 2.16. The molecule has 1 atom stereocenters. The number of rotatable bonds is 3. The van der Waals surface area contributed by atoms with Crippen molar-refractivity contribution in [3.63, 3.8) is 0 Å². The van der Waals surface area contributed by atoms with Gasteiger partial charge < -0.3 is 5.11 Å². The van der Waals surface area contributed by atoms with Gasteiger partial charge in [-0.1, -0.05) is 0 Å². The van der Waals surface area contributed by atoms with Crippen LogP contribution in [0.25, 0.3) is 0 Å². The number of nitrogens with zero attached hydrogens (tertiary/aromatic N) is 1. The second-order valence-corrected chi connectivity index (χ2v) is 5.38. The molecule has 0 radical (unpaired) electrons. The number of hydrogen-bond donors (Lipinski definition) is 1. The van der Waals surface area contributed by atoms with Crippen molar-refractivity contribution in [3.05, 3.63) is 24.3 Å². The van der Waals surface area contributed by atoms with Crippen molar-refractivity contribution < 1.29 is 9.32 Å². The molecule has 0 amide bonds. The molecule has 1 unspecified atom stereocenters. The van der Waals surface area contributed by atoms with Gasteiger partial charge in [-0.15, -0.1) is 0 Å². The van der Waals surface area contributed by atoms with Crippen LogP contribution in [-0.4, -0.2) is 21.6 Å². The fraction of sp³-hybridized carbons (Fsp3) is 0.400. The van der Waals surface area contributed by atoms with Gasteiger partial charge >= 0.3 is 0 Å². The van der Waals surface area contributed by atoms with Crippen LogP contribution in [-0.2, 0) is 11.0 Å². The predicted octanol–water partition coefficient (Wildman–Crippen LogP) is 1.90. The lowest BCUT2D eigenvalue weighted by Crippen LogP contribution is -2.26. The van der Waals surface area contributed by atoms with Crippen LogP contribution in [0.5, 0.6) is 5.75 Å². The molecule has 4 heteroatoms. The summed E-state index contributed by atoms with van der Waals surface area (Å²) in [4.78, 5) is 0. The van der Waals surface area contributed by atoms with Crippen molar-refractivity contribution in [2.45, 2.75) is 19.1 Å². The first kappa shape index (κ1) is 11.0. The highest BCUT2D eigenvalue weighted by Gasteiger charge is 2.12. The summed E-state index contributed by atoms with van der Waals surface area (Å²) in [5.41, 5.74) is 0.842. The molecule has 0 heterocycles. The molecule has 0 bridgehead atoms. The van der Waals surface area contributed by atoms with E-state index in [1.807, 2.05) is 13.8 Å². The maximum atomic E-state index is 11.7. The van der Waals surface area contributed by atoms with Gasteiger partial charge in [0.25, 0.3) is 0 Å². The average molecular weight is 213 g/mol. The fourth-order valence-electron chi connectivity index (χ4n) is 1.08. The van der Waals surface area contributed by atoms with Crippen LogP contribution in [0.3, 0.4) is 0 Å². The molecule has 0 aliphatic carbocycles. The Morgan fingerprint density at radius 3 is 2.21 bits per heavy atom. The first-order valence-electron chi connectivity index (χ1n) is 4.46. The smallest absolute Gasteiger partial charge is 0.122 e. The normalized spacial score (nSPS) is 12.9. The Labute approximate surface area is 87.0 Å². The third-order valence-corrected chi connectivity index (χ3v) is 3.44. The molecular weight excluding hydrogens is 198 g/mol. The van der Waals surface area contributed by atoms with E-state index in [4.69, 9.17) is 5.11 Å². The molecule has 0 aromatic heterocycles. The molecule has 1 rings (SSSR count). The molecule has 3 nitrogen and oxygen atoms in total. The minimum absolute atomic E-state index is 0.0915. The minimum atomic E-state index is -1.02. The van der Waals surface area contributed by atoms with Gasteiger partial charge in [0.15, 0.2) is 0 Å². The number of phenols is 1. The molecule has 0 aliphatic heterocycles. The quantitative estimate of drug-likeness (QED) is 0.833. The van der Waals surface area contributed by atoms with E-state index in [1.165, 1.54) is 0 Å². The van der Waals surface area contributed by atoms with Crippen molar-refractivity contribution in [3.8, 4) is 5.75 Å². The Morgan fingerprint density at radius 2 is 1.79 bits per heavy atom. The Balaban J connectivity index is 2.84. The summed E-state index contributed by atoms with van der Waals surface area (Å²) in [7, 11) is 0.758. The Morgan fingerprint density at radius 1 is 1.29 bits per heavy atom. The van der Waals surface area contributed by atoms with Crippen LogP contribution in [0.1, 0.15) is 13.8 Å². The van der Waals surface area contributed by atoms with E-state index >= 15 is 0 Å². The van der Waals surface area contributed by atoms with Crippen LogP contribution in [0.15, 0.2) is 24.3 Å². The topological polar surface area (TPSA) is 40.5 Å². The highest BCUT2D eigenvalue weighted by molar-refractivity contribution is 7.87. The van der Waals surface area contributed by atoms with Crippen LogP contribution in [0.2, 0.25) is 0 Å². The summed E-state index contributed by atoms with van der Waals surface area (Å²) >= 11 is 0. The summed E-state index contributed by atoms with van der Waals surface area (Å²) in [6, 6.07) is 6.66. The minimum Gasteiger partial charge on any atom is -0.508 e. The monoisotopic (exact) mass is 213 g/mol. The van der Waals surface area contributed by atoms with E-state index in [1.54, 1.807) is 35.6 Å². The maximum Gasteiger partial charge on any atom is 0.122 e. The molecule has 0 saturated carbocycles. The van der Waals surface area contributed by atoms with Gasteiger partial charge in [0.05, 0.1) is 0 Å². The second kappa shape index (κ2) is 4.46. The van der Waals surface area contributed by atoms with Crippen molar-refractivity contribution in [2.75, 3.05) is 11.4 Å². The molecule has 1 aromatic carbocycles. The van der Waals surface area contributed by atoms with Crippen molar-refractivity contribution >= 4 is 16.7 Å². The number of aromatic hydroxyl groups is 1. The van der Waals surface area contributed by atoms with Crippen LogP contribution < -0.4 is 4.31 Å². The zero-order chi connectivity index (χ0) is 10.7. The highest BCUT2D eigenvalue weighted by atomic mass is 32.2. The number of anilines is 1. The van der Waals surface area contributed by atoms with E-state index in [0.29, 0.717) is 0 Å². The van der Waals surface area contributed by atoms with Gasteiger partial charge in [0.2, 0.25) is 0 Å². The maximum absolute atomic E-state index is 11.7. The van der Waals surface area contributed by atoms with Gasteiger partial charge in [-0.05, 0) is 38.1 Å². The number of phenolic OH excluding ortho intramolecular Hbond substituents is 1. The lowest BCUT2D eigenvalue weighted by molar-refractivity contribution is 0.475. The van der Waals surface area contributed by atoms with Gasteiger partial charge in [0.1, 0.15) is 16.7 Å². The first-order valence-corrected chi connectivity index (χ1v) is 5.63. The van der Waals surface area contributed by atoms with Crippen molar-refractivity contribution in [1.29, 1.82) is 0 Å². The standard InChI is InChI=1S/C10H15NO2S/c1-8(2)14(13)11(3)9-4-6-10(12)7-5-9/h4-8,12H,1-3H3. The molecule has 0 saturated heterocycles. The first-order chi connectivity index (χ1) is 6.52. The van der Waals surface area contributed by atoms with Crippen molar-refractivity contribution in [1.82, 2.24) is 0 Å². The Hall–Kier alpha value is -1.03. The van der Waals surface area contributed by atoms with Crippen LogP contribution in [0, 0.1) is 0 Å². The molecule has 1 N–H and O–H groups in total. The van der Waals surface area contributed by atoms with E-state index < -0.39 is 11.0 Å². The zero-order valence-corrected chi connectivity index (χ0v) is 9.41. The summed E-state index contributed by atoms with van der Waals surface area (Å²) in [5, 5.41) is 9.18. The van der Waals surface area contributed by atoms with Gasteiger partial charge in [-0.3, -0.25) is 4.31 Å². The molecule has 78 valence electrons. The number of hydrogen-bond acceptors (Lipinski definition) is 2. The second-order valence-electron chi connectivity index (χ2n) is 3.34. The van der Waals surface area contributed by atoms with Crippen molar-refractivity contribution in [2.24, 2.45) is 0 Å². The van der Waals surface area contributed by atoms with E-state index in [9.17, 15) is 4.21 Å². The molecule has 0 aliphatic rings. The largest absolute Gasteiger partial charge is 0.508 e. The molecule has 0 fully saturated rings. The summed E-state index contributed by atoms with van der Waals surface area (Å²) in [6.07, 6.45) is 0. The summed E-state index contributed by atoms with van der Waals surface area (Å²) in [5.74, 6) is 0.220. The molecule has 14 heavy (non-hydrogen) atoms. The van der Waals surface area contributed by atoms with Crippen LogP contribution >= 0.6 is 0 Å². The SMILES string of the molecule is CC(C)S(=O)N(C)c1ccc(O)cc1. The number of benzene rings is 1. The molecular formula is C10H15NO2S. The van der Waals surface area contributed by atoms with Crippen LogP contribution in [0.4, 0.5) is 5.69 Å². The highest BCUT2D eigenvalue weighted by Crippen LogP contribution is 2.19. The van der Waals surface area contributed by atoms with Gasteiger partial charge in [0, 0.05) is 18.0 Å². The third kappa shape index (κ3) is 2.48. The molecule has 0 spiro atoms. The lowest BCUT2D eigenvalue weighted by Gasteiger charge is -2.20.